The summed E-state index contributed by atoms with van der Waals surface area (Å²) in [5.74, 6) is 0.905. The number of benzene rings is 2. The Morgan fingerprint density at radius 1 is 0.962 bits per heavy atom. The van der Waals surface area contributed by atoms with Crippen LogP contribution in [0.4, 0.5) is 5.69 Å². The van der Waals surface area contributed by atoms with Crippen LogP contribution in [0.2, 0.25) is 0 Å². The third kappa shape index (κ3) is 4.96. The minimum atomic E-state index is 0.818. The lowest BCUT2D eigenvalue weighted by Crippen LogP contribution is -2.49. The molecule has 1 aliphatic rings. The van der Waals surface area contributed by atoms with E-state index in [1.54, 1.807) is 7.11 Å². The van der Waals surface area contributed by atoms with Crippen molar-refractivity contribution >= 4 is 23.0 Å². The molecule has 0 unspecified atom stereocenters. The molecule has 5 heteroatoms. The summed E-state index contributed by atoms with van der Waals surface area (Å²) in [6, 6.07) is 16.8. The largest absolute Gasteiger partial charge is 0.497 e. The number of ether oxygens (including phenoxy) is 1. The topological polar surface area (TPSA) is 27.7 Å². The molecule has 138 valence electrons. The van der Waals surface area contributed by atoms with Crippen molar-refractivity contribution < 1.29 is 4.74 Å². The summed E-state index contributed by atoms with van der Waals surface area (Å²) in [7, 11) is 1.70. The smallest absolute Gasteiger partial charge is 0.173 e. The van der Waals surface area contributed by atoms with Crippen molar-refractivity contribution in [3.05, 3.63) is 59.7 Å². The number of rotatable bonds is 5. The van der Waals surface area contributed by atoms with Crippen molar-refractivity contribution in [3.8, 4) is 5.75 Å². The molecule has 1 heterocycles. The predicted octanol–water partition coefficient (Wildman–Crippen LogP) is 3.77. The van der Waals surface area contributed by atoms with Gasteiger partial charge in [0.15, 0.2) is 5.11 Å². The highest BCUT2D eigenvalue weighted by Crippen LogP contribution is 2.15. The zero-order valence-electron chi connectivity index (χ0n) is 15.6. The highest BCUT2D eigenvalue weighted by Gasteiger charge is 2.19. The fourth-order valence-electron chi connectivity index (χ4n) is 3.12. The van der Waals surface area contributed by atoms with Gasteiger partial charge in [-0.15, -0.1) is 0 Å². The molecule has 2 aromatic rings. The zero-order chi connectivity index (χ0) is 18.4. The number of aryl methyl sites for hydroxylation is 1. The van der Waals surface area contributed by atoms with E-state index in [1.165, 1.54) is 11.1 Å². The van der Waals surface area contributed by atoms with E-state index in [4.69, 9.17) is 17.0 Å². The summed E-state index contributed by atoms with van der Waals surface area (Å²) in [6.07, 6.45) is 1.06. The minimum absolute atomic E-state index is 0.818. The maximum Gasteiger partial charge on any atom is 0.173 e. The van der Waals surface area contributed by atoms with Gasteiger partial charge >= 0.3 is 0 Å². The standard InChI is InChI=1S/C21H27N3OS/c1-3-17-4-8-19(9-5-17)22-21(26)24-14-12-23(13-15-24)16-18-6-10-20(25-2)11-7-18/h4-11H,3,12-16H2,1-2H3,(H,22,26). The molecule has 0 amide bonds. The molecule has 1 fully saturated rings. The molecular weight excluding hydrogens is 342 g/mol. The van der Waals surface area contributed by atoms with Crippen molar-refractivity contribution in [1.82, 2.24) is 9.80 Å². The van der Waals surface area contributed by atoms with Crippen LogP contribution >= 0.6 is 12.2 Å². The van der Waals surface area contributed by atoms with Gasteiger partial charge in [0.2, 0.25) is 0 Å². The van der Waals surface area contributed by atoms with Crippen LogP contribution in [-0.4, -0.2) is 48.2 Å². The van der Waals surface area contributed by atoms with Gasteiger partial charge in [-0.3, -0.25) is 4.90 Å². The second-order valence-corrected chi connectivity index (χ2v) is 6.98. The number of hydrogen-bond donors (Lipinski definition) is 1. The Kier molecular flexibility index (Phi) is 6.47. The Labute approximate surface area is 161 Å². The van der Waals surface area contributed by atoms with Gasteiger partial charge in [-0.05, 0) is 54.0 Å². The van der Waals surface area contributed by atoms with Crippen LogP contribution in [-0.2, 0) is 13.0 Å². The van der Waals surface area contributed by atoms with Crippen molar-refractivity contribution in [2.24, 2.45) is 0 Å². The number of piperazine rings is 1. The molecule has 0 aromatic heterocycles. The van der Waals surface area contributed by atoms with E-state index < -0.39 is 0 Å². The zero-order valence-corrected chi connectivity index (χ0v) is 16.4. The monoisotopic (exact) mass is 369 g/mol. The number of nitrogens with one attached hydrogen (secondary N) is 1. The van der Waals surface area contributed by atoms with E-state index in [2.05, 4.69) is 58.4 Å². The van der Waals surface area contributed by atoms with E-state index in [9.17, 15) is 0 Å². The van der Waals surface area contributed by atoms with Crippen LogP contribution in [0.5, 0.6) is 5.75 Å². The van der Waals surface area contributed by atoms with E-state index >= 15 is 0 Å². The Balaban J connectivity index is 1.46. The average Bonchev–Trinajstić information content (AvgIpc) is 2.69. The summed E-state index contributed by atoms with van der Waals surface area (Å²) < 4.78 is 5.22. The van der Waals surface area contributed by atoms with Crippen LogP contribution < -0.4 is 10.1 Å². The molecule has 26 heavy (non-hydrogen) atoms. The fraction of sp³-hybridized carbons (Fsp3) is 0.381. The Morgan fingerprint density at radius 3 is 2.15 bits per heavy atom. The molecule has 4 nitrogen and oxygen atoms in total. The van der Waals surface area contributed by atoms with Gasteiger partial charge in [-0.1, -0.05) is 31.2 Å². The number of hydrogen-bond acceptors (Lipinski definition) is 3. The summed E-state index contributed by atoms with van der Waals surface area (Å²) in [6.45, 7) is 7.07. The molecule has 0 aliphatic carbocycles. The molecule has 0 bridgehead atoms. The van der Waals surface area contributed by atoms with Crippen molar-refractivity contribution in [3.63, 3.8) is 0 Å². The van der Waals surface area contributed by atoms with E-state index in [-0.39, 0.29) is 0 Å². The van der Waals surface area contributed by atoms with Gasteiger partial charge < -0.3 is 15.0 Å². The predicted molar refractivity (Wildman–Crippen MR) is 112 cm³/mol. The summed E-state index contributed by atoms with van der Waals surface area (Å²) in [5.41, 5.74) is 3.72. The fourth-order valence-corrected chi connectivity index (χ4v) is 3.42. The first-order valence-corrected chi connectivity index (χ1v) is 9.59. The quantitative estimate of drug-likeness (QED) is 0.810. The van der Waals surface area contributed by atoms with E-state index in [1.807, 2.05) is 12.1 Å². The van der Waals surface area contributed by atoms with Crippen molar-refractivity contribution in [2.75, 3.05) is 38.6 Å². The average molecular weight is 370 g/mol. The van der Waals surface area contributed by atoms with Crippen LogP contribution in [0.25, 0.3) is 0 Å². The van der Waals surface area contributed by atoms with Gasteiger partial charge in [-0.2, -0.15) is 0 Å². The molecule has 0 spiro atoms. The molecule has 0 radical (unpaired) electrons. The molecule has 0 atom stereocenters. The molecular formula is C21H27N3OS. The molecule has 1 aliphatic heterocycles. The molecule has 0 saturated carbocycles. The summed E-state index contributed by atoms with van der Waals surface area (Å²) >= 11 is 5.60. The maximum absolute atomic E-state index is 5.60. The number of nitrogens with zero attached hydrogens (tertiary/aromatic N) is 2. The normalized spacial score (nSPS) is 14.9. The van der Waals surface area contributed by atoms with Crippen LogP contribution in [0, 0.1) is 0 Å². The highest BCUT2D eigenvalue weighted by molar-refractivity contribution is 7.80. The number of methoxy groups -OCH3 is 1. The lowest BCUT2D eigenvalue weighted by molar-refractivity contribution is 0.177. The second kappa shape index (κ2) is 9.01. The first kappa shape index (κ1) is 18.7. The SMILES string of the molecule is CCc1ccc(NC(=S)N2CCN(Cc3ccc(OC)cc3)CC2)cc1. The minimum Gasteiger partial charge on any atom is -0.497 e. The first-order valence-electron chi connectivity index (χ1n) is 9.18. The lowest BCUT2D eigenvalue weighted by atomic mass is 10.1. The van der Waals surface area contributed by atoms with Gasteiger partial charge in [0.1, 0.15) is 5.75 Å². The van der Waals surface area contributed by atoms with E-state index in [0.29, 0.717) is 0 Å². The molecule has 3 rings (SSSR count). The molecule has 1 saturated heterocycles. The van der Waals surface area contributed by atoms with Crippen LogP contribution in [0.15, 0.2) is 48.5 Å². The van der Waals surface area contributed by atoms with Crippen molar-refractivity contribution in [1.29, 1.82) is 0 Å². The van der Waals surface area contributed by atoms with Gasteiger partial charge in [0.25, 0.3) is 0 Å². The second-order valence-electron chi connectivity index (χ2n) is 6.59. The lowest BCUT2D eigenvalue weighted by Gasteiger charge is -2.36. The Bertz CT molecular complexity index is 707. The number of thiocarbonyl (C=S) groups is 1. The van der Waals surface area contributed by atoms with Crippen LogP contribution in [0.1, 0.15) is 18.1 Å². The Morgan fingerprint density at radius 2 is 1.58 bits per heavy atom. The highest BCUT2D eigenvalue weighted by atomic mass is 32.1. The van der Waals surface area contributed by atoms with Gasteiger partial charge in [0, 0.05) is 38.4 Å². The third-order valence-electron chi connectivity index (χ3n) is 4.84. The summed E-state index contributed by atoms with van der Waals surface area (Å²) in [4.78, 5) is 4.73. The van der Waals surface area contributed by atoms with Gasteiger partial charge in [0.05, 0.1) is 7.11 Å². The Hall–Kier alpha value is -2.11. The molecule has 1 N–H and O–H groups in total. The summed E-state index contributed by atoms with van der Waals surface area (Å²) in [5, 5.41) is 4.18. The maximum atomic E-state index is 5.60. The molecule has 2 aromatic carbocycles. The van der Waals surface area contributed by atoms with E-state index in [0.717, 1.165) is 55.7 Å². The van der Waals surface area contributed by atoms with Crippen molar-refractivity contribution in [2.45, 2.75) is 19.9 Å². The third-order valence-corrected chi connectivity index (χ3v) is 5.20. The van der Waals surface area contributed by atoms with Gasteiger partial charge in [-0.25, -0.2) is 0 Å². The van der Waals surface area contributed by atoms with Crippen LogP contribution in [0.3, 0.4) is 0 Å². The first-order chi connectivity index (χ1) is 12.7. The number of anilines is 1.